The van der Waals surface area contributed by atoms with E-state index in [1.165, 1.54) is 11.4 Å². The van der Waals surface area contributed by atoms with Crippen LogP contribution >= 0.6 is 17.1 Å². The van der Waals surface area contributed by atoms with Crippen molar-refractivity contribution in [3.05, 3.63) is 105 Å². The monoisotopic (exact) mass is 666 g/mol. The predicted molar refractivity (Wildman–Crippen MR) is 194 cm³/mol. The Labute approximate surface area is 276 Å². The van der Waals surface area contributed by atoms with Gasteiger partial charge in [0.15, 0.2) is 0 Å². The van der Waals surface area contributed by atoms with E-state index in [4.69, 9.17) is 16.3 Å². The van der Waals surface area contributed by atoms with Gasteiger partial charge in [0.25, 0.3) is 5.69 Å². The number of allylic oxidation sites excluding steroid dienone is 8. The first kappa shape index (κ1) is 37.8. The summed E-state index contributed by atoms with van der Waals surface area (Å²) in [4.78, 5) is 12.6. The van der Waals surface area contributed by atoms with Gasteiger partial charge < -0.3 is 9.42 Å². The molecule has 0 saturated heterocycles. The molecule has 1 unspecified atom stereocenters. The Hall–Kier alpha value is -2.26. The summed E-state index contributed by atoms with van der Waals surface area (Å²) in [6.07, 6.45) is 32.8. The summed E-state index contributed by atoms with van der Waals surface area (Å²) in [5, 5.41) is 0. The van der Waals surface area contributed by atoms with Crippen LogP contribution in [0, 0.1) is 0 Å². The Bertz CT molecular complexity index is 1400. The van der Waals surface area contributed by atoms with E-state index in [0.29, 0.717) is 5.75 Å². The van der Waals surface area contributed by atoms with Gasteiger partial charge in [-0.1, -0.05) is 97.2 Å². The maximum absolute atomic E-state index is 11.8. The maximum atomic E-state index is 11.8. The molecular weight excluding hydrogens is 625 g/mol. The van der Waals surface area contributed by atoms with Gasteiger partial charge in [0, 0.05) is 29.9 Å². The van der Waals surface area contributed by atoms with Crippen molar-refractivity contribution in [1.82, 2.24) is 0 Å². The summed E-state index contributed by atoms with van der Waals surface area (Å²) in [7, 11) is 0. The maximum Gasteiger partial charge on any atom is 0.299 e. The molecule has 6 heteroatoms. The summed E-state index contributed by atoms with van der Waals surface area (Å²) in [6.45, 7) is 16.0. The zero-order valence-electron chi connectivity index (χ0n) is 26.2. The molecule has 2 rings (SSSR count). The Morgan fingerprint density at radius 3 is 1.36 bits per heavy atom. The van der Waals surface area contributed by atoms with E-state index >= 15 is 0 Å². The molecule has 1 N–H and O–H groups in total. The molecule has 218 valence electrons. The predicted octanol–water partition coefficient (Wildman–Crippen LogP) is 12.3. The quantitative estimate of drug-likeness (QED) is 0.180. The zero-order valence-corrected chi connectivity index (χ0v) is 31.7. The first-order chi connectivity index (χ1) is 19.7. The van der Waals surface area contributed by atoms with Crippen LogP contribution in [0.15, 0.2) is 65.6 Å². The van der Waals surface area contributed by atoms with E-state index in [9.17, 15) is 4.89 Å². The summed E-state index contributed by atoms with van der Waals surface area (Å²) in [6, 6.07) is 4.08. The third kappa shape index (κ3) is 9.90. The van der Waals surface area contributed by atoms with Gasteiger partial charge in [-0.2, -0.15) is 0 Å². The van der Waals surface area contributed by atoms with Crippen molar-refractivity contribution in [1.29, 1.82) is 0 Å². The van der Waals surface area contributed by atoms with Crippen molar-refractivity contribution in [3.8, 4) is 5.75 Å². The van der Waals surface area contributed by atoms with Crippen LogP contribution in [0.1, 0.15) is 99.9 Å². The minimum atomic E-state index is -3.40. The first-order valence-electron chi connectivity index (χ1n) is 13.9. The van der Waals surface area contributed by atoms with E-state index < -0.39 is 5.69 Å². The fourth-order valence-electron chi connectivity index (χ4n) is 4.59. The molecule has 42 heavy (non-hydrogen) atoms. The van der Waals surface area contributed by atoms with Crippen molar-refractivity contribution in [2.24, 2.45) is 0 Å². The largest absolute Gasteiger partial charge is 0.435 e. The van der Waals surface area contributed by atoms with Gasteiger partial charge >= 0.3 is 0 Å². The van der Waals surface area contributed by atoms with Crippen molar-refractivity contribution in [3.63, 3.8) is 0 Å². The van der Waals surface area contributed by atoms with Gasteiger partial charge in [0.05, 0.1) is 0 Å². The normalized spacial score (nSPS) is 14.2. The molecular formula is C36H43O2PS2Zn. The van der Waals surface area contributed by atoms with Crippen LogP contribution in [-0.2, 0) is 31.3 Å². The molecule has 0 fully saturated rings. The molecule has 1 atom stereocenters. The van der Waals surface area contributed by atoms with Crippen molar-refractivity contribution >= 4 is 77.5 Å². The van der Waals surface area contributed by atoms with Crippen LogP contribution in [0.5, 0.6) is 5.75 Å². The Balaban J connectivity index is 0.00000882. The third-order valence-electron chi connectivity index (χ3n) is 6.01. The molecule has 0 saturated carbocycles. The van der Waals surface area contributed by atoms with Crippen molar-refractivity contribution in [2.75, 3.05) is 0 Å². The van der Waals surface area contributed by atoms with Gasteiger partial charge in [-0.15, -0.1) is 0 Å². The van der Waals surface area contributed by atoms with E-state index in [-0.39, 0.29) is 19.5 Å². The molecule has 0 radical (unpaired) electrons. The Morgan fingerprint density at radius 1 is 0.548 bits per heavy atom. The zero-order chi connectivity index (χ0) is 30.4. The van der Waals surface area contributed by atoms with Gasteiger partial charge in [-0.05, 0) is 130 Å². The topological polar surface area (TPSA) is 29.5 Å². The molecule has 2 aromatic carbocycles. The van der Waals surface area contributed by atoms with Gasteiger partial charge in [0.2, 0.25) is 0 Å². The van der Waals surface area contributed by atoms with Gasteiger partial charge in [0.1, 0.15) is 5.75 Å². The molecule has 0 aliphatic rings. The van der Waals surface area contributed by atoms with Crippen LogP contribution in [0.3, 0.4) is 0 Å². The van der Waals surface area contributed by atoms with Crippen molar-refractivity contribution in [2.45, 2.75) is 60.3 Å². The molecule has 0 aromatic heterocycles. The number of rotatable bonds is 12. The molecule has 0 amide bonds. The average Bonchev–Trinajstić information content (AvgIpc) is 2.92. The van der Waals surface area contributed by atoms with Crippen LogP contribution in [0.2, 0.25) is 0 Å². The smallest absolute Gasteiger partial charge is 0.299 e. The van der Waals surface area contributed by atoms with Crippen LogP contribution < -0.4 is 4.52 Å². The minimum Gasteiger partial charge on any atom is -0.435 e. The SMILES string of the molecule is C/C=C\c1cc(OP(O)(=S)Sc2cc(/C=C\C)c(/C=C\C)c(/C=C\C)c2/C=C\C)c(/C=C\C)c(/C=C\C)c1/C=C\C.[Zn]. The minimum absolute atomic E-state index is 0. The Kier molecular flexibility index (Phi) is 17.2. The second-order valence-corrected chi connectivity index (χ2v) is 15.0. The molecule has 0 aliphatic carbocycles. The Morgan fingerprint density at radius 2 is 0.905 bits per heavy atom. The van der Waals surface area contributed by atoms with Gasteiger partial charge in [-0.3, -0.25) is 0 Å². The summed E-state index contributed by atoms with van der Waals surface area (Å²) in [5.74, 6) is 0.566. The molecule has 0 spiro atoms. The van der Waals surface area contributed by atoms with Crippen LogP contribution in [0.4, 0.5) is 0 Å². The second-order valence-electron chi connectivity index (χ2n) is 9.06. The molecule has 0 aliphatic heterocycles. The fourth-order valence-corrected chi connectivity index (χ4v) is 8.24. The standard InChI is InChI=1S/C36H43O2PS2.Zn/c1-9-17-27-25-35(33(23-15-7)31(21-13-5)29(27)19-11-3)38-39(37,40)41-36-26-28(18-10-2)30(20-12-4)32(22-14-6)34(36)24-16-8;/h9-26H,1-8H3,(H,37,40);/b17-9-,18-10-,19-11-,20-12-,21-13-,22-14-,23-15-,24-16-;. The molecule has 2 aromatic rings. The van der Waals surface area contributed by atoms with Gasteiger partial charge in [-0.25, -0.2) is 0 Å². The number of hydrogen-bond acceptors (Lipinski definition) is 3. The third-order valence-corrected chi connectivity index (χ3v) is 9.60. The second kappa shape index (κ2) is 19.1. The number of hydrogen-bond donors (Lipinski definition) is 1. The van der Waals surface area contributed by atoms with E-state index in [0.717, 1.165) is 49.4 Å². The molecule has 0 bridgehead atoms. The van der Waals surface area contributed by atoms with Crippen LogP contribution in [0.25, 0.3) is 48.6 Å². The first-order valence-corrected chi connectivity index (χ1v) is 18.0. The number of benzene rings is 2. The van der Waals surface area contributed by atoms with Crippen molar-refractivity contribution < 1.29 is 28.9 Å². The molecule has 2 nitrogen and oxygen atoms in total. The fraction of sp³-hybridized carbons (Fsp3) is 0.222. The van der Waals surface area contributed by atoms with E-state index in [2.05, 4.69) is 48.6 Å². The average molecular weight is 668 g/mol. The van der Waals surface area contributed by atoms with E-state index in [1.54, 1.807) is 0 Å². The molecule has 0 heterocycles. The summed E-state index contributed by atoms with van der Waals surface area (Å²) in [5.41, 5.74) is 4.85. The summed E-state index contributed by atoms with van der Waals surface area (Å²) < 4.78 is 6.43. The van der Waals surface area contributed by atoms with Crippen LogP contribution in [-0.4, -0.2) is 4.89 Å². The van der Waals surface area contributed by atoms with E-state index in [1.807, 2.05) is 116 Å². The summed E-state index contributed by atoms with van der Waals surface area (Å²) >= 11 is 7.09.